The summed E-state index contributed by atoms with van der Waals surface area (Å²) in [6.45, 7) is 1.98. The Morgan fingerprint density at radius 3 is 2.72 bits per heavy atom. The number of rotatable bonds is 5. The molecule has 0 heterocycles. The number of hydrogen-bond acceptors (Lipinski definition) is 5. The molecule has 94 valence electrons. The van der Waals surface area contributed by atoms with Crippen molar-refractivity contribution in [3.05, 3.63) is 28.8 Å². The van der Waals surface area contributed by atoms with E-state index >= 15 is 0 Å². The molecule has 0 radical (unpaired) electrons. The SMILES string of the molecule is CCOC(=O)Cc1ccc(OC)c(C#N)c1C=O. The largest absolute Gasteiger partial charge is 0.495 e. The lowest BCUT2D eigenvalue weighted by atomic mass is 9.99. The Labute approximate surface area is 105 Å². The number of aldehydes is 1. The molecule has 0 bridgehead atoms. The van der Waals surface area contributed by atoms with Gasteiger partial charge in [-0.3, -0.25) is 9.59 Å². The maximum atomic E-state index is 11.4. The van der Waals surface area contributed by atoms with E-state index in [0.29, 0.717) is 17.6 Å². The monoisotopic (exact) mass is 247 g/mol. The van der Waals surface area contributed by atoms with E-state index < -0.39 is 5.97 Å². The number of hydrogen-bond donors (Lipinski definition) is 0. The highest BCUT2D eigenvalue weighted by Gasteiger charge is 2.15. The smallest absolute Gasteiger partial charge is 0.310 e. The third kappa shape index (κ3) is 2.86. The summed E-state index contributed by atoms with van der Waals surface area (Å²) in [5.74, 6) is -0.123. The van der Waals surface area contributed by atoms with Crippen LogP contribution in [0.5, 0.6) is 5.75 Å². The van der Waals surface area contributed by atoms with Gasteiger partial charge in [0.15, 0.2) is 6.29 Å². The van der Waals surface area contributed by atoms with E-state index in [-0.39, 0.29) is 24.2 Å². The van der Waals surface area contributed by atoms with E-state index in [1.165, 1.54) is 7.11 Å². The quantitative estimate of drug-likeness (QED) is 0.582. The van der Waals surface area contributed by atoms with Gasteiger partial charge in [-0.2, -0.15) is 5.26 Å². The highest BCUT2D eigenvalue weighted by atomic mass is 16.5. The predicted octanol–water partition coefficient (Wildman–Crippen LogP) is 1.48. The second-order valence-corrected chi connectivity index (χ2v) is 3.43. The Morgan fingerprint density at radius 1 is 1.50 bits per heavy atom. The maximum Gasteiger partial charge on any atom is 0.310 e. The van der Waals surface area contributed by atoms with Crippen molar-refractivity contribution >= 4 is 12.3 Å². The standard InChI is InChI=1S/C13H13NO4/c1-3-18-13(16)6-9-4-5-12(17-2)10(7-14)11(9)8-15/h4-5,8H,3,6H2,1-2H3. The molecule has 5 nitrogen and oxygen atoms in total. The van der Waals surface area contributed by atoms with Crippen molar-refractivity contribution in [3.63, 3.8) is 0 Å². The molecule has 0 spiro atoms. The Kier molecular flexibility index (Phi) is 4.88. The average Bonchev–Trinajstić information content (AvgIpc) is 2.38. The van der Waals surface area contributed by atoms with E-state index in [4.69, 9.17) is 14.7 Å². The van der Waals surface area contributed by atoms with Crippen LogP contribution in [0.2, 0.25) is 0 Å². The summed E-state index contributed by atoms with van der Waals surface area (Å²) in [5, 5.41) is 9.02. The molecule has 0 fully saturated rings. The van der Waals surface area contributed by atoms with Gasteiger partial charge in [-0.25, -0.2) is 0 Å². The molecule has 0 saturated carbocycles. The fourth-order valence-corrected chi connectivity index (χ4v) is 1.58. The summed E-state index contributed by atoms with van der Waals surface area (Å²) in [6, 6.07) is 5.04. The van der Waals surface area contributed by atoms with Crippen LogP contribution in [0.4, 0.5) is 0 Å². The Bertz CT molecular complexity index is 502. The first-order valence-electron chi connectivity index (χ1n) is 5.38. The van der Waals surface area contributed by atoms with E-state index in [2.05, 4.69) is 0 Å². The summed E-state index contributed by atoms with van der Waals surface area (Å²) in [7, 11) is 1.41. The number of ether oxygens (including phenoxy) is 2. The van der Waals surface area contributed by atoms with Crippen LogP contribution >= 0.6 is 0 Å². The average molecular weight is 247 g/mol. The van der Waals surface area contributed by atoms with Crippen molar-refractivity contribution in [1.82, 2.24) is 0 Å². The summed E-state index contributed by atoms with van der Waals surface area (Å²) in [4.78, 5) is 22.4. The van der Waals surface area contributed by atoms with Crippen molar-refractivity contribution in [3.8, 4) is 11.8 Å². The molecule has 1 aromatic carbocycles. The molecule has 0 aliphatic heterocycles. The molecule has 0 aliphatic carbocycles. The zero-order valence-electron chi connectivity index (χ0n) is 10.2. The highest BCUT2D eigenvalue weighted by Crippen LogP contribution is 2.24. The number of nitrogens with zero attached hydrogens (tertiary/aromatic N) is 1. The molecule has 1 rings (SSSR count). The van der Waals surface area contributed by atoms with E-state index in [9.17, 15) is 9.59 Å². The van der Waals surface area contributed by atoms with Gasteiger partial charge in [0.05, 0.1) is 20.1 Å². The lowest BCUT2D eigenvalue weighted by molar-refractivity contribution is -0.142. The van der Waals surface area contributed by atoms with Gasteiger partial charge < -0.3 is 9.47 Å². The fraction of sp³-hybridized carbons (Fsp3) is 0.308. The van der Waals surface area contributed by atoms with Crippen molar-refractivity contribution in [2.75, 3.05) is 13.7 Å². The van der Waals surface area contributed by atoms with Crippen molar-refractivity contribution in [2.45, 2.75) is 13.3 Å². The van der Waals surface area contributed by atoms with Crippen molar-refractivity contribution in [2.24, 2.45) is 0 Å². The number of esters is 1. The van der Waals surface area contributed by atoms with E-state index in [0.717, 1.165) is 0 Å². The third-order valence-corrected chi connectivity index (χ3v) is 2.39. The summed E-state index contributed by atoms with van der Waals surface area (Å²) in [6.07, 6.45) is 0.510. The molecule has 0 aromatic heterocycles. The van der Waals surface area contributed by atoms with Crippen molar-refractivity contribution in [1.29, 1.82) is 5.26 Å². The van der Waals surface area contributed by atoms with Gasteiger partial charge in [-0.05, 0) is 18.6 Å². The van der Waals surface area contributed by atoms with Gasteiger partial charge >= 0.3 is 5.97 Å². The van der Waals surface area contributed by atoms with Gasteiger partial charge in [0.1, 0.15) is 17.4 Å². The van der Waals surface area contributed by atoms with Crippen molar-refractivity contribution < 1.29 is 19.1 Å². The lowest BCUT2D eigenvalue weighted by Gasteiger charge is -2.09. The first-order valence-corrected chi connectivity index (χ1v) is 5.38. The minimum atomic E-state index is -0.436. The predicted molar refractivity (Wildman–Crippen MR) is 63.4 cm³/mol. The zero-order chi connectivity index (χ0) is 13.5. The van der Waals surface area contributed by atoms with E-state index in [1.54, 1.807) is 19.1 Å². The molecular weight excluding hydrogens is 234 g/mol. The molecule has 0 N–H and O–H groups in total. The summed E-state index contributed by atoms with van der Waals surface area (Å²) >= 11 is 0. The van der Waals surface area contributed by atoms with Gasteiger partial charge in [0, 0.05) is 5.56 Å². The van der Waals surface area contributed by atoms with Crippen LogP contribution in [0, 0.1) is 11.3 Å². The molecule has 0 saturated heterocycles. The van der Waals surface area contributed by atoms with Gasteiger partial charge in [-0.15, -0.1) is 0 Å². The zero-order valence-corrected chi connectivity index (χ0v) is 10.2. The van der Waals surface area contributed by atoms with Crippen LogP contribution in [-0.4, -0.2) is 26.0 Å². The number of carbonyl (C=O) groups is 2. The fourth-order valence-electron chi connectivity index (χ4n) is 1.58. The molecule has 0 aliphatic rings. The second kappa shape index (κ2) is 6.40. The first-order chi connectivity index (χ1) is 8.67. The maximum absolute atomic E-state index is 11.4. The second-order valence-electron chi connectivity index (χ2n) is 3.43. The third-order valence-electron chi connectivity index (χ3n) is 2.39. The van der Waals surface area contributed by atoms with Gasteiger partial charge in [-0.1, -0.05) is 6.07 Å². The normalized spacial score (nSPS) is 9.39. The van der Waals surface area contributed by atoms with Crippen LogP contribution in [0.25, 0.3) is 0 Å². The van der Waals surface area contributed by atoms with E-state index in [1.807, 2.05) is 6.07 Å². The minimum Gasteiger partial charge on any atom is -0.495 e. The number of benzene rings is 1. The van der Waals surface area contributed by atoms with Crippen LogP contribution < -0.4 is 4.74 Å². The molecule has 0 atom stereocenters. The van der Waals surface area contributed by atoms with Crippen LogP contribution in [0.3, 0.4) is 0 Å². The number of carbonyl (C=O) groups excluding carboxylic acids is 2. The number of nitriles is 1. The van der Waals surface area contributed by atoms with Crippen LogP contribution in [-0.2, 0) is 16.0 Å². The Morgan fingerprint density at radius 2 is 2.22 bits per heavy atom. The highest BCUT2D eigenvalue weighted by molar-refractivity contribution is 5.86. The molecule has 0 unspecified atom stereocenters. The molecular formula is C13H13NO4. The number of methoxy groups -OCH3 is 1. The summed E-state index contributed by atoms with van der Waals surface area (Å²) in [5.41, 5.74) is 0.764. The van der Waals surface area contributed by atoms with Crippen LogP contribution in [0.1, 0.15) is 28.4 Å². The molecule has 1 aromatic rings. The van der Waals surface area contributed by atoms with Gasteiger partial charge in [0.2, 0.25) is 0 Å². The first kappa shape index (κ1) is 13.7. The minimum absolute atomic E-state index is 0.0411. The Hall–Kier alpha value is -2.35. The topological polar surface area (TPSA) is 76.4 Å². The van der Waals surface area contributed by atoms with Gasteiger partial charge in [0.25, 0.3) is 0 Å². The summed E-state index contributed by atoms with van der Waals surface area (Å²) < 4.78 is 9.79. The lowest BCUT2D eigenvalue weighted by Crippen LogP contribution is -2.10. The molecule has 0 amide bonds. The van der Waals surface area contributed by atoms with Crippen LogP contribution in [0.15, 0.2) is 12.1 Å². The Balaban J connectivity index is 3.18. The molecule has 18 heavy (non-hydrogen) atoms. The molecule has 5 heteroatoms.